The number of hydrogen-bond donors (Lipinski definition) is 2. The highest BCUT2D eigenvalue weighted by Gasteiger charge is 2.18. The van der Waals surface area contributed by atoms with Gasteiger partial charge in [-0.3, -0.25) is 9.78 Å². The van der Waals surface area contributed by atoms with E-state index in [1.54, 1.807) is 29.3 Å². The van der Waals surface area contributed by atoms with Crippen LogP contribution in [0.25, 0.3) is 16.9 Å². The fraction of sp³-hybridized carbons (Fsp3) is 0.118. The van der Waals surface area contributed by atoms with Crippen molar-refractivity contribution >= 4 is 5.91 Å². The summed E-state index contributed by atoms with van der Waals surface area (Å²) < 4.78 is 1.66. The van der Waals surface area contributed by atoms with Gasteiger partial charge in [-0.25, -0.2) is 4.68 Å². The molecule has 23 heavy (non-hydrogen) atoms. The van der Waals surface area contributed by atoms with Crippen LogP contribution in [0.3, 0.4) is 0 Å². The Labute approximate surface area is 133 Å². The van der Waals surface area contributed by atoms with Crippen LogP contribution in [0.5, 0.6) is 0 Å². The van der Waals surface area contributed by atoms with E-state index in [4.69, 9.17) is 5.11 Å². The quantitative estimate of drug-likeness (QED) is 0.751. The molecular weight excluding hydrogens is 292 g/mol. The first-order valence-corrected chi connectivity index (χ1v) is 7.24. The number of carbonyl (C=O) groups is 1. The van der Waals surface area contributed by atoms with Gasteiger partial charge in [0, 0.05) is 30.7 Å². The predicted molar refractivity (Wildman–Crippen MR) is 86.2 cm³/mol. The van der Waals surface area contributed by atoms with Crippen molar-refractivity contribution in [3.63, 3.8) is 0 Å². The molecule has 0 radical (unpaired) electrons. The van der Waals surface area contributed by atoms with Gasteiger partial charge in [0.25, 0.3) is 5.91 Å². The number of aromatic nitrogens is 3. The average molecular weight is 308 g/mol. The Kier molecular flexibility index (Phi) is 4.44. The molecule has 1 aromatic carbocycles. The average Bonchev–Trinajstić information content (AvgIpc) is 3.07. The third-order valence-corrected chi connectivity index (χ3v) is 3.31. The van der Waals surface area contributed by atoms with Gasteiger partial charge in [-0.15, -0.1) is 0 Å². The molecule has 0 unspecified atom stereocenters. The Bertz CT molecular complexity index is 785. The zero-order chi connectivity index (χ0) is 16.1. The largest absolute Gasteiger partial charge is 0.395 e. The highest BCUT2D eigenvalue weighted by Crippen LogP contribution is 2.22. The van der Waals surface area contributed by atoms with Crippen LogP contribution >= 0.6 is 0 Å². The van der Waals surface area contributed by atoms with Crippen molar-refractivity contribution in [2.24, 2.45) is 0 Å². The smallest absolute Gasteiger partial charge is 0.255 e. The number of carbonyl (C=O) groups excluding carboxylic acids is 1. The lowest BCUT2D eigenvalue weighted by Gasteiger charge is -2.03. The van der Waals surface area contributed by atoms with Gasteiger partial charge in [0.2, 0.25) is 0 Å². The molecule has 2 N–H and O–H groups in total. The summed E-state index contributed by atoms with van der Waals surface area (Å²) in [5.41, 5.74) is 2.61. The van der Waals surface area contributed by atoms with Crippen molar-refractivity contribution in [2.45, 2.75) is 0 Å². The summed E-state index contributed by atoms with van der Waals surface area (Å²) in [7, 11) is 0. The molecule has 1 amide bonds. The fourth-order valence-corrected chi connectivity index (χ4v) is 2.23. The zero-order valence-electron chi connectivity index (χ0n) is 12.4. The number of para-hydroxylation sites is 1. The van der Waals surface area contributed by atoms with Crippen LogP contribution in [-0.2, 0) is 0 Å². The maximum atomic E-state index is 12.3. The minimum Gasteiger partial charge on any atom is -0.395 e. The molecule has 0 bridgehead atoms. The summed E-state index contributed by atoms with van der Waals surface area (Å²) >= 11 is 0. The molecule has 0 aliphatic carbocycles. The van der Waals surface area contributed by atoms with E-state index >= 15 is 0 Å². The molecule has 2 aromatic heterocycles. The second-order valence-electron chi connectivity index (χ2n) is 4.89. The number of nitrogens with one attached hydrogen (secondary N) is 1. The van der Waals surface area contributed by atoms with Crippen molar-refractivity contribution in [1.29, 1.82) is 0 Å². The van der Waals surface area contributed by atoms with E-state index in [1.165, 1.54) is 0 Å². The molecule has 0 fully saturated rings. The first kappa shape index (κ1) is 14.9. The number of amides is 1. The predicted octanol–water partition coefficient (Wildman–Crippen LogP) is 1.66. The summed E-state index contributed by atoms with van der Waals surface area (Å²) in [5.74, 6) is -0.278. The molecule has 6 nitrogen and oxygen atoms in total. The van der Waals surface area contributed by atoms with E-state index in [9.17, 15) is 4.79 Å². The molecule has 0 aliphatic rings. The minimum atomic E-state index is -0.278. The highest BCUT2D eigenvalue weighted by molar-refractivity contribution is 5.99. The van der Waals surface area contributed by atoms with E-state index in [2.05, 4.69) is 15.4 Å². The number of rotatable bonds is 5. The summed E-state index contributed by atoms with van der Waals surface area (Å²) in [5, 5.41) is 16.1. The summed E-state index contributed by atoms with van der Waals surface area (Å²) in [6, 6.07) is 13.2. The standard InChI is InChI=1S/C17H16N4O2/c22-10-9-19-17(23)15-12-21(14-6-2-1-3-7-14)20-16(15)13-5-4-8-18-11-13/h1-8,11-12,22H,9-10H2,(H,19,23). The third kappa shape index (κ3) is 3.27. The van der Waals surface area contributed by atoms with Gasteiger partial charge >= 0.3 is 0 Å². The van der Waals surface area contributed by atoms with E-state index in [-0.39, 0.29) is 19.1 Å². The van der Waals surface area contributed by atoms with Gasteiger partial charge in [0.1, 0.15) is 5.69 Å². The lowest BCUT2D eigenvalue weighted by Crippen LogP contribution is -2.26. The van der Waals surface area contributed by atoms with Crippen LogP contribution in [0, 0.1) is 0 Å². The first-order chi connectivity index (χ1) is 11.3. The second-order valence-corrected chi connectivity index (χ2v) is 4.89. The summed E-state index contributed by atoms with van der Waals surface area (Å²) in [6.45, 7) is 0.0859. The topological polar surface area (TPSA) is 80.0 Å². The molecule has 3 rings (SSSR count). The zero-order valence-corrected chi connectivity index (χ0v) is 12.4. The Morgan fingerprint density at radius 1 is 1.17 bits per heavy atom. The van der Waals surface area contributed by atoms with Crippen LogP contribution in [0.15, 0.2) is 61.1 Å². The van der Waals surface area contributed by atoms with Crippen molar-refractivity contribution in [2.75, 3.05) is 13.2 Å². The number of benzene rings is 1. The highest BCUT2D eigenvalue weighted by atomic mass is 16.3. The van der Waals surface area contributed by atoms with Gasteiger partial charge in [-0.2, -0.15) is 5.10 Å². The number of hydrogen-bond acceptors (Lipinski definition) is 4. The molecule has 6 heteroatoms. The van der Waals surface area contributed by atoms with Crippen LogP contribution in [0.1, 0.15) is 10.4 Å². The van der Waals surface area contributed by atoms with E-state index in [0.717, 1.165) is 11.3 Å². The molecule has 2 heterocycles. The van der Waals surface area contributed by atoms with Crippen LogP contribution in [0.4, 0.5) is 0 Å². The van der Waals surface area contributed by atoms with E-state index in [0.29, 0.717) is 11.3 Å². The summed E-state index contributed by atoms with van der Waals surface area (Å²) in [6.07, 6.45) is 5.02. The van der Waals surface area contributed by atoms with Crippen LogP contribution in [-0.4, -0.2) is 38.9 Å². The van der Waals surface area contributed by atoms with Gasteiger partial charge in [-0.1, -0.05) is 18.2 Å². The lowest BCUT2D eigenvalue weighted by molar-refractivity contribution is 0.0945. The van der Waals surface area contributed by atoms with Crippen molar-refractivity contribution in [3.05, 3.63) is 66.6 Å². The second kappa shape index (κ2) is 6.85. The molecule has 0 spiro atoms. The van der Waals surface area contributed by atoms with Crippen molar-refractivity contribution in [3.8, 4) is 16.9 Å². The van der Waals surface area contributed by atoms with Crippen LogP contribution < -0.4 is 5.32 Å². The van der Waals surface area contributed by atoms with Crippen molar-refractivity contribution in [1.82, 2.24) is 20.1 Å². The Hall–Kier alpha value is -2.99. The van der Waals surface area contributed by atoms with Gasteiger partial charge in [0.15, 0.2) is 0 Å². The van der Waals surface area contributed by atoms with Gasteiger partial charge in [-0.05, 0) is 24.3 Å². The number of pyridine rings is 1. The maximum absolute atomic E-state index is 12.3. The molecule has 3 aromatic rings. The van der Waals surface area contributed by atoms with Gasteiger partial charge in [0.05, 0.1) is 17.9 Å². The van der Waals surface area contributed by atoms with E-state index in [1.807, 2.05) is 36.4 Å². The first-order valence-electron chi connectivity index (χ1n) is 7.24. The molecule has 0 atom stereocenters. The molecule has 0 saturated heterocycles. The molecule has 0 saturated carbocycles. The Morgan fingerprint density at radius 3 is 2.70 bits per heavy atom. The molecule has 0 aliphatic heterocycles. The van der Waals surface area contributed by atoms with Gasteiger partial charge < -0.3 is 10.4 Å². The fourth-order valence-electron chi connectivity index (χ4n) is 2.23. The molecular formula is C17H16N4O2. The number of aliphatic hydroxyl groups excluding tert-OH is 1. The maximum Gasteiger partial charge on any atom is 0.255 e. The summed E-state index contributed by atoms with van der Waals surface area (Å²) in [4.78, 5) is 16.4. The number of aliphatic hydroxyl groups is 1. The van der Waals surface area contributed by atoms with E-state index < -0.39 is 0 Å². The Balaban J connectivity index is 2.05. The SMILES string of the molecule is O=C(NCCO)c1cn(-c2ccccc2)nc1-c1cccnc1. The number of nitrogens with zero attached hydrogens (tertiary/aromatic N) is 3. The minimum absolute atomic E-state index is 0.110. The Morgan fingerprint density at radius 2 is 2.00 bits per heavy atom. The molecule has 116 valence electrons. The lowest BCUT2D eigenvalue weighted by atomic mass is 10.1. The van der Waals surface area contributed by atoms with Crippen molar-refractivity contribution < 1.29 is 9.90 Å². The van der Waals surface area contributed by atoms with Crippen LogP contribution in [0.2, 0.25) is 0 Å². The monoisotopic (exact) mass is 308 g/mol. The normalized spacial score (nSPS) is 10.5. The third-order valence-electron chi connectivity index (χ3n) is 3.31.